The van der Waals surface area contributed by atoms with Gasteiger partial charge in [0, 0.05) is 18.8 Å². The molecule has 0 saturated heterocycles. The van der Waals surface area contributed by atoms with Crippen LogP contribution >= 0.6 is 0 Å². The zero-order chi connectivity index (χ0) is 15.6. The lowest BCUT2D eigenvalue weighted by Gasteiger charge is -2.16. The van der Waals surface area contributed by atoms with Gasteiger partial charge in [-0.3, -0.25) is 14.4 Å². The first-order valence-corrected chi connectivity index (χ1v) is 7.16. The van der Waals surface area contributed by atoms with Crippen molar-refractivity contribution in [2.45, 2.75) is 33.2 Å². The van der Waals surface area contributed by atoms with Gasteiger partial charge in [-0.05, 0) is 31.7 Å². The molecule has 3 unspecified atom stereocenters. The molecular formula is C15H20N2O4. The standard InChI is InChI=1S/C15H20N2O4/c1-3-17-8-10(4-5-13(17)18)16-14(19)11-6-9(2)7-12(11)15(20)21/h4-5,8-9,11-12H,3,6-7H2,1-2H3,(H,16,19)(H,20,21). The van der Waals surface area contributed by atoms with Gasteiger partial charge in [-0.25, -0.2) is 0 Å². The first kappa shape index (κ1) is 15.3. The van der Waals surface area contributed by atoms with E-state index in [1.807, 2.05) is 13.8 Å². The maximum Gasteiger partial charge on any atom is 0.307 e. The lowest BCUT2D eigenvalue weighted by atomic mass is 9.95. The van der Waals surface area contributed by atoms with Gasteiger partial charge in [0.15, 0.2) is 0 Å². The van der Waals surface area contributed by atoms with Gasteiger partial charge in [-0.1, -0.05) is 6.92 Å². The summed E-state index contributed by atoms with van der Waals surface area (Å²) in [6.45, 7) is 4.31. The topological polar surface area (TPSA) is 88.4 Å². The second kappa shape index (κ2) is 6.11. The zero-order valence-electron chi connectivity index (χ0n) is 12.2. The number of aromatic nitrogens is 1. The van der Waals surface area contributed by atoms with Crippen molar-refractivity contribution < 1.29 is 14.7 Å². The number of carboxylic acids is 1. The molecule has 1 heterocycles. The molecule has 6 nitrogen and oxygen atoms in total. The van der Waals surface area contributed by atoms with Crippen LogP contribution in [0.3, 0.4) is 0 Å². The molecule has 0 radical (unpaired) electrons. The monoisotopic (exact) mass is 292 g/mol. The van der Waals surface area contributed by atoms with E-state index >= 15 is 0 Å². The van der Waals surface area contributed by atoms with E-state index in [0.29, 0.717) is 25.1 Å². The van der Waals surface area contributed by atoms with Crippen LogP contribution in [0.25, 0.3) is 0 Å². The average molecular weight is 292 g/mol. The molecule has 1 saturated carbocycles. The molecule has 1 aromatic rings. The molecule has 1 aromatic heterocycles. The van der Waals surface area contributed by atoms with E-state index in [-0.39, 0.29) is 17.4 Å². The average Bonchev–Trinajstić information content (AvgIpc) is 2.83. The molecule has 0 bridgehead atoms. The first-order chi connectivity index (χ1) is 9.92. The largest absolute Gasteiger partial charge is 0.481 e. The molecule has 0 spiro atoms. The highest BCUT2D eigenvalue weighted by molar-refractivity contribution is 5.95. The van der Waals surface area contributed by atoms with Gasteiger partial charge in [-0.15, -0.1) is 0 Å². The summed E-state index contributed by atoms with van der Waals surface area (Å²) in [5.74, 6) is -2.12. The van der Waals surface area contributed by atoms with E-state index in [1.54, 1.807) is 12.3 Å². The summed E-state index contributed by atoms with van der Waals surface area (Å²) in [6.07, 6.45) is 2.69. The maximum atomic E-state index is 12.3. The molecule has 21 heavy (non-hydrogen) atoms. The number of aryl methyl sites for hydroxylation is 1. The summed E-state index contributed by atoms with van der Waals surface area (Å²) >= 11 is 0. The van der Waals surface area contributed by atoms with Crippen LogP contribution in [0, 0.1) is 17.8 Å². The van der Waals surface area contributed by atoms with Gasteiger partial charge in [0.2, 0.25) is 5.91 Å². The number of aliphatic carboxylic acids is 1. The lowest BCUT2D eigenvalue weighted by Crippen LogP contribution is -2.30. The van der Waals surface area contributed by atoms with Crippen LogP contribution in [0.1, 0.15) is 26.7 Å². The molecule has 0 aromatic carbocycles. The van der Waals surface area contributed by atoms with Gasteiger partial charge in [0.25, 0.3) is 5.56 Å². The second-order valence-corrected chi connectivity index (χ2v) is 5.66. The molecule has 1 amide bonds. The van der Waals surface area contributed by atoms with Crippen molar-refractivity contribution >= 4 is 17.6 Å². The Bertz CT molecular complexity index is 608. The number of nitrogens with zero attached hydrogens (tertiary/aromatic N) is 1. The van der Waals surface area contributed by atoms with E-state index in [0.717, 1.165) is 0 Å². The number of rotatable bonds is 4. The van der Waals surface area contributed by atoms with Gasteiger partial charge in [0.1, 0.15) is 0 Å². The van der Waals surface area contributed by atoms with Crippen molar-refractivity contribution in [2.24, 2.45) is 17.8 Å². The molecule has 2 N–H and O–H groups in total. The fourth-order valence-electron chi connectivity index (χ4n) is 2.94. The Balaban J connectivity index is 2.14. The molecule has 114 valence electrons. The van der Waals surface area contributed by atoms with Crippen molar-refractivity contribution in [3.63, 3.8) is 0 Å². The lowest BCUT2D eigenvalue weighted by molar-refractivity contribution is -0.145. The third-order valence-corrected chi connectivity index (χ3v) is 4.04. The third-order valence-electron chi connectivity index (χ3n) is 4.04. The highest BCUT2D eigenvalue weighted by Crippen LogP contribution is 2.37. The number of anilines is 1. The van der Waals surface area contributed by atoms with Crippen LogP contribution in [-0.4, -0.2) is 21.6 Å². The molecular weight excluding hydrogens is 272 g/mol. The van der Waals surface area contributed by atoms with E-state index in [4.69, 9.17) is 0 Å². The van der Waals surface area contributed by atoms with Gasteiger partial charge in [0.05, 0.1) is 17.5 Å². The van der Waals surface area contributed by atoms with E-state index < -0.39 is 17.8 Å². The number of amides is 1. The normalized spacial score (nSPS) is 24.8. The summed E-state index contributed by atoms with van der Waals surface area (Å²) in [5.41, 5.74) is 0.388. The molecule has 6 heteroatoms. The van der Waals surface area contributed by atoms with Crippen molar-refractivity contribution in [3.05, 3.63) is 28.7 Å². The molecule has 0 aliphatic heterocycles. The molecule has 1 aliphatic rings. The number of carbonyl (C=O) groups excluding carboxylic acids is 1. The number of hydrogen-bond donors (Lipinski definition) is 2. The quantitative estimate of drug-likeness (QED) is 0.881. The van der Waals surface area contributed by atoms with Gasteiger partial charge in [-0.2, -0.15) is 0 Å². The van der Waals surface area contributed by atoms with E-state index in [2.05, 4.69) is 5.32 Å². The van der Waals surface area contributed by atoms with Crippen LogP contribution in [0.15, 0.2) is 23.1 Å². The van der Waals surface area contributed by atoms with Crippen molar-refractivity contribution in [1.29, 1.82) is 0 Å². The van der Waals surface area contributed by atoms with Crippen LogP contribution < -0.4 is 10.9 Å². The summed E-state index contributed by atoms with van der Waals surface area (Å²) < 4.78 is 1.49. The molecule has 3 atom stereocenters. The first-order valence-electron chi connectivity index (χ1n) is 7.16. The minimum atomic E-state index is -0.918. The van der Waals surface area contributed by atoms with Crippen LogP contribution in [-0.2, 0) is 16.1 Å². The summed E-state index contributed by atoms with van der Waals surface area (Å²) in [4.78, 5) is 35.0. The predicted octanol–water partition coefficient (Wildman–Crippen LogP) is 1.55. The van der Waals surface area contributed by atoms with Crippen LogP contribution in [0.4, 0.5) is 5.69 Å². The Kier molecular flexibility index (Phi) is 4.45. The van der Waals surface area contributed by atoms with E-state index in [1.165, 1.54) is 10.6 Å². The van der Waals surface area contributed by atoms with Crippen molar-refractivity contribution in [3.8, 4) is 0 Å². The Labute approximate surface area is 122 Å². The smallest absolute Gasteiger partial charge is 0.307 e. The highest BCUT2D eigenvalue weighted by atomic mass is 16.4. The van der Waals surface area contributed by atoms with Crippen molar-refractivity contribution in [2.75, 3.05) is 5.32 Å². The van der Waals surface area contributed by atoms with Crippen LogP contribution in [0.2, 0.25) is 0 Å². The molecule has 2 rings (SSSR count). The van der Waals surface area contributed by atoms with E-state index in [9.17, 15) is 19.5 Å². The van der Waals surface area contributed by atoms with Crippen molar-refractivity contribution in [1.82, 2.24) is 4.57 Å². The minimum absolute atomic E-state index is 0.131. The Morgan fingerprint density at radius 2 is 2.00 bits per heavy atom. The number of hydrogen-bond acceptors (Lipinski definition) is 3. The predicted molar refractivity (Wildman–Crippen MR) is 78.0 cm³/mol. The fraction of sp³-hybridized carbons (Fsp3) is 0.533. The van der Waals surface area contributed by atoms with Crippen LogP contribution in [0.5, 0.6) is 0 Å². The molecule has 1 aliphatic carbocycles. The summed E-state index contributed by atoms with van der Waals surface area (Å²) in [6, 6.07) is 2.94. The number of nitrogens with one attached hydrogen (secondary N) is 1. The van der Waals surface area contributed by atoms with Gasteiger partial charge < -0.3 is 15.0 Å². The summed E-state index contributed by atoms with van der Waals surface area (Å²) in [7, 11) is 0. The maximum absolute atomic E-state index is 12.3. The van der Waals surface area contributed by atoms with Gasteiger partial charge >= 0.3 is 5.97 Å². The number of carboxylic acid groups (broad SMARTS) is 1. The Morgan fingerprint density at radius 1 is 1.33 bits per heavy atom. The second-order valence-electron chi connectivity index (χ2n) is 5.66. The number of pyridine rings is 1. The Morgan fingerprint density at radius 3 is 2.62 bits per heavy atom. The molecule has 1 fully saturated rings. The fourth-order valence-corrected chi connectivity index (χ4v) is 2.94. The Hall–Kier alpha value is -2.11. The minimum Gasteiger partial charge on any atom is -0.481 e. The highest BCUT2D eigenvalue weighted by Gasteiger charge is 2.41. The third kappa shape index (κ3) is 3.32. The zero-order valence-corrected chi connectivity index (χ0v) is 12.2. The SMILES string of the molecule is CCn1cc(NC(=O)C2CC(C)CC2C(=O)O)ccc1=O. The number of carbonyl (C=O) groups is 2. The summed E-state index contributed by atoms with van der Waals surface area (Å²) in [5, 5.41) is 11.9.